The lowest BCUT2D eigenvalue weighted by Crippen LogP contribution is -2.25. The van der Waals surface area contributed by atoms with Crippen LogP contribution >= 0.6 is 0 Å². The molecule has 0 saturated heterocycles. The molecule has 2 rings (SSSR count). The fraction of sp³-hybridized carbons (Fsp3) is 0.278. The maximum Gasteiger partial charge on any atom is 0.314 e. The van der Waals surface area contributed by atoms with E-state index in [4.69, 9.17) is 9.68 Å². The fourth-order valence-corrected chi connectivity index (χ4v) is 2.41. The quantitative estimate of drug-likeness (QED) is 0.791. The van der Waals surface area contributed by atoms with E-state index in [1.807, 2.05) is 13.0 Å². The first-order chi connectivity index (χ1) is 11.1. The summed E-state index contributed by atoms with van der Waals surface area (Å²) in [6, 6.07) is 10.7. The average Bonchev–Trinajstić information content (AvgIpc) is 3.01. The second kappa shape index (κ2) is 7.41. The third kappa shape index (κ3) is 3.86. The third-order valence-electron chi connectivity index (χ3n) is 3.62. The zero-order valence-corrected chi connectivity index (χ0v) is 12.8. The van der Waals surface area contributed by atoms with Gasteiger partial charge in [-0.25, -0.2) is 0 Å². The topological polar surface area (TPSA) is 91.3 Å². The van der Waals surface area contributed by atoms with Gasteiger partial charge in [0.2, 0.25) is 0 Å². The lowest BCUT2D eigenvalue weighted by Gasteiger charge is -2.11. The van der Waals surface area contributed by atoms with Crippen LogP contribution in [-0.4, -0.2) is 16.9 Å². The van der Waals surface area contributed by atoms with Gasteiger partial charge in [0.1, 0.15) is 17.8 Å². The van der Waals surface area contributed by atoms with Crippen LogP contribution in [0.4, 0.5) is 0 Å². The minimum Gasteiger partial charge on any atom is -0.481 e. The van der Waals surface area contributed by atoms with Gasteiger partial charge in [-0.3, -0.25) is 9.59 Å². The number of furan rings is 1. The molecule has 1 N–H and O–H groups in total. The lowest BCUT2D eigenvalue weighted by molar-refractivity contribution is -0.146. The number of carboxylic acid groups (broad SMARTS) is 1. The van der Waals surface area contributed by atoms with Crippen molar-refractivity contribution < 1.29 is 19.1 Å². The summed E-state index contributed by atoms with van der Waals surface area (Å²) in [6.45, 7) is 1.85. The zero-order valence-electron chi connectivity index (χ0n) is 12.8. The van der Waals surface area contributed by atoms with Crippen molar-refractivity contribution >= 4 is 11.8 Å². The number of aliphatic carboxylic acids is 1. The maximum atomic E-state index is 11.9. The van der Waals surface area contributed by atoms with Crippen LogP contribution < -0.4 is 0 Å². The predicted molar refractivity (Wildman–Crippen MR) is 83.6 cm³/mol. The monoisotopic (exact) mass is 311 g/mol. The van der Waals surface area contributed by atoms with Crippen LogP contribution in [-0.2, 0) is 16.0 Å². The van der Waals surface area contributed by atoms with Crippen LogP contribution in [0.15, 0.2) is 41.0 Å². The minimum absolute atomic E-state index is 0.164. The molecular formula is C18H17NO4. The van der Waals surface area contributed by atoms with Crippen molar-refractivity contribution in [3.8, 4) is 17.4 Å². The second-order valence-corrected chi connectivity index (χ2v) is 5.28. The molecule has 0 bridgehead atoms. The second-order valence-electron chi connectivity index (χ2n) is 5.28. The van der Waals surface area contributed by atoms with Gasteiger partial charge < -0.3 is 9.52 Å². The molecule has 0 aliphatic rings. The first kappa shape index (κ1) is 16.5. The fourth-order valence-electron chi connectivity index (χ4n) is 2.41. The molecular weight excluding hydrogens is 294 g/mol. The Balaban J connectivity index is 2.17. The highest BCUT2D eigenvalue weighted by molar-refractivity contribution is 5.98. The molecule has 1 unspecified atom stereocenters. The van der Waals surface area contributed by atoms with Crippen molar-refractivity contribution in [1.29, 1.82) is 5.26 Å². The lowest BCUT2D eigenvalue weighted by atomic mass is 9.92. The van der Waals surface area contributed by atoms with E-state index in [1.54, 1.807) is 30.3 Å². The van der Waals surface area contributed by atoms with E-state index >= 15 is 0 Å². The van der Waals surface area contributed by atoms with Gasteiger partial charge in [-0.05, 0) is 24.5 Å². The number of Topliss-reactive ketones (excluding diaryl/α,β-unsaturated/α-hetero) is 1. The molecule has 2 aromatic rings. The molecule has 5 heteroatoms. The molecule has 0 saturated carbocycles. The number of carbonyl (C=O) groups is 2. The molecule has 0 fully saturated rings. The number of carboxylic acids is 1. The molecule has 5 nitrogen and oxygen atoms in total. The smallest absolute Gasteiger partial charge is 0.314 e. The van der Waals surface area contributed by atoms with E-state index in [0.29, 0.717) is 17.7 Å². The average molecular weight is 311 g/mol. The highest BCUT2D eigenvalue weighted by Gasteiger charge is 2.25. The minimum atomic E-state index is -1.09. The van der Waals surface area contributed by atoms with Crippen LogP contribution in [0.5, 0.6) is 0 Å². The van der Waals surface area contributed by atoms with Gasteiger partial charge >= 0.3 is 5.97 Å². The normalized spacial score (nSPS) is 11.7. The molecule has 1 aromatic heterocycles. The Hall–Kier alpha value is -2.87. The Bertz CT molecular complexity index is 737. The van der Waals surface area contributed by atoms with E-state index in [1.165, 1.54) is 6.26 Å². The molecule has 1 aromatic carbocycles. The van der Waals surface area contributed by atoms with Gasteiger partial charge in [0, 0.05) is 12.0 Å². The van der Waals surface area contributed by atoms with Crippen LogP contribution in [0, 0.1) is 17.2 Å². The van der Waals surface area contributed by atoms with Crippen LogP contribution in [0.3, 0.4) is 0 Å². The van der Waals surface area contributed by atoms with E-state index in [0.717, 1.165) is 11.1 Å². The number of hydrogen-bond donors (Lipinski definition) is 1. The number of benzene rings is 1. The van der Waals surface area contributed by atoms with Gasteiger partial charge in [0.15, 0.2) is 5.76 Å². The van der Waals surface area contributed by atoms with Crippen molar-refractivity contribution in [2.75, 3.05) is 0 Å². The Morgan fingerprint density at radius 3 is 2.52 bits per heavy atom. The van der Waals surface area contributed by atoms with Gasteiger partial charge in [0.25, 0.3) is 0 Å². The Kier molecular flexibility index (Phi) is 5.32. The number of carbonyl (C=O) groups excluding carboxylic acids is 1. The Labute approximate surface area is 134 Å². The van der Waals surface area contributed by atoms with Crippen molar-refractivity contribution in [3.63, 3.8) is 0 Å². The number of nitrogens with zero attached hydrogens (tertiary/aromatic N) is 1. The molecule has 0 spiro atoms. The molecule has 0 aliphatic heterocycles. The predicted octanol–water partition coefficient (Wildman–Crippen LogP) is 3.43. The highest BCUT2D eigenvalue weighted by atomic mass is 16.4. The summed E-state index contributed by atoms with van der Waals surface area (Å²) in [5.74, 6) is -1.87. The summed E-state index contributed by atoms with van der Waals surface area (Å²) in [5.41, 5.74) is 1.94. The first-order valence-electron chi connectivity index (χ1n) is 7.39. The van der Waals surface area contributed by atoms with E-state index < -0.39 is 11.9 Å². The van der Waals surface area contributed by atoms with E-state index in [9.17, 15) is 14.7 Å². The number of rotatable bonds is 7. The largest absolute Gasteiger partial charge is 0.481 e. The summed E-state index contributed by atoms with van der Waals surface area (Å²) in [6.07, 6.45) is 2.52. The highest BCUT2D eigenvalue weighted by Crippen LogP contribution is 2.25. The SMILES string of the molecule is CCCC(=O)C(Cc1ccc(-c2occc2C#N)cc1)C(=O)O. The van der Waals surface area contributed by atoms with E-state index in [-0.39, 0.29) is 18.6 Å². The standard InChI is InChI=1S/C18H17NO4/c1-2-3-16(20)15(18(21)22)10-12-4-6-13(7-5-12)17-14(11-19)8-9-23-17/h4-9,15H,2-3,10H2,1H3,(H,21,22). The van der Waals surface area contributed by atoms with Crippen LogP contribution in [0.2, 0.25) is 0 Å². The van der Waals surface area contributed by atoms with Gasteiger partial charge in [-0.15, -0.1) is 0 Å². The van der Waals surface area contributed by atoms with Crippen LogP contribution in [0.25, 0.3) is 11.3 Å². The molecule has 1 heterocycles. The van der Waals surface area contributed by atoms with Crippen molar-refractivity contribution in [2.24, 2.45) is 5.92 Å². The zero-order chi connectivity index (χ0) is 16.8. The van der Waals surface area contributed by atoms with Crippen LogP contribution in [0.1, 0.15) is 30.9 Å². The molecule has 23 heavy (non-hydrogen) atoms. The van der Waals surface area contributed by atoms with Crippen molar-refractivity contribution in [1.82, 2.24) is 0 Å². The Morgan fingerprint density at radius 2 is 1.96 bits per heavy atom. The molecule has 0 aliphatic carbocycles. The number of hydrogen-bond acceptors (Lipinski definition) is 4. The van der Waals surface area contributed by atoms with Crippen molar-refractivity contribution in [2.45, 2.75) is 26.2 Å². The maximum absolute atomic E-state index is 11.9. The van der Waals surface area contributed by atoms with Gasteiger partial charge in [-0.1, -0.05) is 31.2 Å². The first-order valence-corrected chi connectivity index (χ1v) is 7.39. The summed E-state index contributed by atoms with van der Waals surface area (Å²) in [4.78, 5) is 23.2. The molecule has 1 atom stereocenters. The summed E-state index contributed by atoms with van der Waals surface area (Å²) in [7, 11) is 0. The third-order valence-corrected chi connectivity index (χ3v) is 3.62. The Morgan fingerprint density at radius 1 is 1.26 bits per heavy atom. The summed E-state index contributed by atoms with van der Waals surface area (Å²) in [5, 5.41) is 18.2. The summed E-state index contributed by atoms with van der Waals surface area (Å²) >= 11 is 0. The molecule has 0 radical (unpaired) electrons. The van der Waals surface area contributed by atoms with Gasteiger partial charge in [0.05, 0.1) is 11.8 Å². The van der Waals surface area contributed by atoms with E-state index in [2.05, 4.69) is 0 Å². The van der Waals surface area contributed by atoms with Gasteiger partial charge in [-0.2, -0.15) is 5.26 Å². The number of ketones is 1. The number of nitriles is 1. The van der Waals surface area contributed by atoms with Crippen molar-refractivity contribution in [3.05, 3.63) is 47.7 Å². The molecule has 0 amide bonds. The molecule has 118 valence electrons. The summed E-state index contributed by atoms with van der Waals surface area (Å²) < 4.78 is 5.30.